The normalized spacial score (nSPS) is 12.2. The van der Waals surface area contributed by atoms with Crippen molar-refractivity contribution in [1.29, 1.82) is 0 Å². The summed E-state index contributed by atoms with van der Waals surface area (Å²) in [5.74, 6) is -0.465. The van der Waals surface area contributed by atoms with Crippen LogP contribution in [0.4, 0.5) is 10.5 Å². The van der Waals surface area contributed by atoms with Crippen LogP contribution in [0.5, 0.6) is 0 Å². The molecule has 0 fully saturated rings. The molecule has 0 spiro atoms. The molecule has 2 amide bonds. The molecule has 0 saturated heterocycles. The molecule has 26 heavy (non-hydrogen) atoms. The molecular formula is C20H23BrN2O3. The first-order valence-electron chi connectivity index (χ1n) is 8.33. The van der Waals surface area contributed by atoms with Gasteiger partial charge in [-0.1, -0.05) is 46.3 Å². The average molecular weight is 419 g/mol. The maximum absolute atomic E-state index is 12.5. The van der Waals surface area contributed by atoms with Gasteiger partial charge in [-0.2, -0.15) is 0 Å². The number of amides is 2. The van der Waals surface area contributed by atoms with E-state index in [-0.39, 0.29) is 0 Å². The second-order valence-electron chi connectivity index (χ2n) is 6.88. The molecule has 2 aromatic rings. The first-order valence-corrected chi connectivity index (χ1v) is 9.12. The van der Waals surface area contributed by atoms with E-state index in [1.807, 2.05) is 42.5 Å². The molecule has 1 unspecified atom stereocenters. The number of hydrogen-bond donors (Lipinski definition) is 2. The van der Waals surface area contributed by atoms with Gasteiger partial charge in [0.1, 0.15) is 11.6 Å². The highest BCUT2D eigenvalue weighted by atomic mass is 79.9. The third-order valence-corrected chi connectivity index (χ3v) is 3.91. The Bertz CT molecular complexity index is 740. The molecule has 6 heteroatoms. The van der Waals surface area contributed by atoms with Crippen molar-refractivity contribution in [3.8, 4) is 0 Å². The van der Waals surface area contributed by atoms with E-state index in [2.05, 4.69) is 26.6 Å². The largest absolute Gasteiger partial charge is 0.458 e. The summed E-state index contributed by atoms with van der Waals surface area (Å²) >= 11 is 3.35. The van der Waals surface area contributed by atoms with Crippen molar-refractivity contribution in [2.24, 2.45) is 0 Å². The van der Waals surface area contributed by atoms with E-state index in [1.54, 1.807) is 32.9 Å². The summed E-state index contributed by atoms with van der Waals surface area (Å²) in [6.07, 6.45) is 0.351. The van der Waals surface area contributed by atoms with Crippen LogP contribution in [0.15, 0.2) is 59.1 Å². The van der Waals surface area contributed by atoms with Crippen molar-refractivity contribution in [2.75, 3.05) is 5.32 Å². The van der Waals surface area contributed by atoms with Gasteiger partial charge in [0, 0.05) is 16.6 Å². The van der Waals surface area contributed by atoms with E-state index >= 15 is 0 Å². The van der Waals surface area contributed by atoms with Crippen LogP contribution in [0.25, 0.3) is 0 Å². The van der Waals surface area contributed by atoms with Crippen molar-refractivity contribution in [3.05, 3.63) is 64.6 Å². The minimum atomic E-state index is -0.785. The summed E-state index contributed by atoms with van der Waals surface area (Å²) in [5.41, 5.74) is 0.941. The molecule has 2 N–H and O–H groups in total. The van der Waals surface area contributed by atoms with E-state index in [1.165, 1.54) is 0 Å². The third kappa shape index (κ3) is 6.88. The number of hydrogen-bond acceptors (Lipinski definition) is 3. The van der Waals surface area contributed by atoms with E-state index < -0.39 is 23.6 Å². The highest BCUT2D eigenvalue weighted by Gasteiger charge is 2.27. The van der Waals surface area contributed by atoms with Gasteiger partial charge in [0.15, 0.2) is 0 Å². The fourth-order valence-corrected chi connectivity index (χ4v) is 2.54. The van der Waals surface area contributed by atoms with Crippen molar-refractivity contribution < 1.29 is 14.3 Å². The molecule has 0 heterocycles. The third-order valence-electron chi connectivity index (χ3n) is 3.38. The van der Waals surface area contributed by atoms with Gasteiger partial charge in [0.2, 0.25) is 0 Å². The highest BCUT2D eigenvalue weighted by molar-refractivity contribution is 9.10. The van der Waals surface area contributed by atoms with Crippen molar-refractivity contribution >= 4 is 33.6 Å². The summed E-state index contributed by atoms with van der Waals surface area (Å²) in [6, 6.07) is 15.4. The maximum atomic E-state index is 12.5. The fourth-order valence-electron chi connectivity index (χ4n) is 2.27. The molecule has 0 saturated carbocycles. The molecule has 138 valence electrons. The Balaban J connectivity index is 2.07. The number of carbonyl (C=O) groups is 2. The van der Waals surface area contributed by atoms with Gasteiger partial charge in [0.05, 0.1) is 0 Å². The number of anilines is 1. The Morgan fingerprint density at radius 3 is 2.23 bits per heavy atom. The average Bonchev–Trinajstić information content (AvgIpc) is 2.56. The lowest BCUT2D eigenvalue weighted by Crippen LogP contribution is -2.47. The predicted molar refractivity (Wildman–Crippen MR) is 106 cm³/mol. The smallest absolute Gasteiger partial charge is 0.329 e. The van der Waals surface area contributed by atoms with Gasteiger partial charge >= 0.3 is 12.0 Å². The SMILES string of the molecule is CC(C)(C)OC(=O)C(Cc1ccccc1)NC(=O)Nc1ccc(Br)cc1. The van der Waals surface area contributed by atoms with Crippen LogP contribution < -0.4 is 10.6 Å². The molecule has 0 aliphatic carbocycles. The summed E-state index contributed by atoms with van der Waals surface area (Å²) in [5, 5.41) is 5.44. The lowest BCUT2D eigenvalue weighted by molar-refractivity contribution is -0.157. The summed E-state index contributed by atoms with van der Waals surface area (Å²) in [4.78, 5) is 24.9. The molecule has 2 aromatic carbocycles. The second kappa shape index (κ2) is 8.85. The standard InChI is InChI=1S/C20H23BrN2O3/c1-20(2,3)26-18(24)17(13-14-7-5-4-6-8-14)23-19(25)22-16-11-9-15(21)10-12-16/h4-12,17H,13H2,1-3H3,(H2,22,23,25). The molecule has 1 atom stereocenters. The Morgan fingerprint density at radius 1 is 1.04 bits per heavy atom. The van der Waals surface area contributed by atoms with Gasteiger partial charge in [-0.05, 0) is 50.6 Å². The number of rotatable bonds is 5. The zero-order valence-corrected chi connectivity index (χ0v) is 16.7. The minimum Gasteiger partial charge on any atom is -0.458 e. The lowest BCUT2D eigenvalue weighted by Gasteiger charge is -2.24. The van der Waals surface area contributed by atoms with E-state index in [0.717, 1.165) is 10.0 Å². The molecule has 5 nitrogen and oxygen atoms in total. The van der Waals surface area contributed by atoms with E-state index in [4.69, 9.17) is 4.74 Å². The van der Waals surface area contributed by atoms with E-state index in [0.29, 0.717) is 12.1 Å². The van der Waals surface area contributed by atoms with Gasteiger partial charge in [-0.3, -0.25) is 0 Å². The van der Waals surface area contributed by atoms with Crippen LogP contribution in [0.1, 0.15) is 26.3 Å². The summed E-state index contributed by atoms with van der Waals surface area (Å²) in [7, 11) is 0. The van der Waals surface area contributed by atoms with Crippen LogP contribution in [0.3, 0.4) is 0 Å². The fraction of sp³-hybridized carbons (Fsp3) is 0.300. The molecule has 0 aromatic heterocycles. The van der Waals surface area contributed by atoms with Crippen LogP contribution in [0.2, 0.25) is 0 Å². The number of benzene rings is 2. The van der Waals surface area contributed by atoms with Crippen LogP contribution in [-0.2, 0) is 16.0 Å². The monoisotopic (exact) mass is 418 g/mol. The number of ether oxygens (including phenoxy) is 1. The number of nitrogens with one attached hydrogen (secondary N) is 2. The number of carbonyl (C=O) groups excluding carboxylic acids is 2. The van der Waals surface area contributed by atoms with Gasteiger partial charge in [0.25, 0.3) is 0 Å². The Morgan fingerprint density at radius 2 is 1.65 bits per heavy atom. The first-order chi connectivity index (χ1) is 12.2. The zero-order chi connectivity index (χ0) is 19.2. The van der Waals surface area contributed by atoms with Gasteiger partial charge < -0.3 is 15.4 Å². The lowest BCUT2D eigenvalue weighted by atomic mass is 10.1. The summed E-state index contributed by atoms with van der Waals surface area (Å²) in [6.45, 7) is 5.39. The molecule has 0 aliphatic heterocycles. The number of esters is 1. The topological polar surface area (TPSA) is 67.4 Å². The summed E-state index contributed by atoms with van der Waals surface area (Å²) < 4.78 is 6.37. The first kappa shape index (κ1) is 20.0. The molecular weight excluding hydrogens is 396 g/mol. The van der Waals surface area contributed by atoms with Crippen molar-refractivity contribution in [3.63, 3.8) is 0 Å². The maximum Gasteiger partial charge on any atom is 0.329 e. The van der Waals surface area contributed by atoms with Crippen LogP contribution >= 0.6 is 15.9 Å². The van der Waals surface area contributed by atoms with Gasteiger partial charge in [-0.15, -0.1) is 0 Å². The van der Waals surface area contributed by atoms with Crippen LogP contribution in [-0.4, -0.2) is 23.6 Å². The molecule has 0 radical (unpaired) electrons. The molecule has 0 bridgehead atoms. The minimum absolute atomic E-state index is 0.351. The van der Waals surface area contributed by atoms with Crippen molar-refractivity contribution in [2.45, 2.75) is 38.8 Å². The number of urea groups is 1. The molecule has 0 aliphatic rings. The van der Waals surface area contributed by atoms with Gasteiger partial charge in [-0.25, -0.2) is 9.59 Å². The predicted octanol–water partition coefficient (Wildman–Crippen LogP) is 4.52. The second-order valence-corrected chi connectivity index (χ2v) is 7.80. The van der Waals surface area contributed by atoms with Crippen LogP contribution in [0, 0.1) is 0 Å². The zero-order valence-electron chi connectivity index (χ0n) is 15.1. The Kier molecular flexibility index (Phi) is 6.80. The van der Waals surface area contributed by atoms with E-state index in [9.17, 15) is 9.59 Å². The Hall–Kier alpha value is -2.34. The quantitative estimate of drug-likeness (QED) is 0.701. The number of halogens is 1. The highest BCUT2D eigenvalue weighted by Crippen LogP contribution is 2.15. The molecule has 2 rings (SSSR count). The van der Waals surface area contributed by atoms with Crippen molar-refractivity contribution in [1.82, 2.24) is 5.32 Å². The Labute approximate surface area is 162 Å².